The first-order chi connectivity index (χ1) is 13.8. The number of hydrogen-bond acceptors (Lipinski definition) is 8. The van der Waals surface area contributed by atoms with E-state index < -0.39 is 0 Å². The second-order valence-corrected chi connectivity index (χ2v) is 7.65. The third-order valence-electron chi connectivity index (χ3n) is 4.85. The van der Waals surface area contributed by atoms with Crippen molar-refractivity contribution in [1.29, 1.82) is 0 Å². The van der Waals surface area contributed by atoms with Gasteiger partial charge in [-0.15, -0.1) is 0 Å². The van der Waals surface area contributed by atoms with Crippen molar-refractivity contribution in [3.8, 4) is 17.2 Å². The van der Waals surface area contributed by atoms with Crippen LogP contribution in [0.4, 0.5) is 11.4 Å². The molecule has 0 bridgehead atoms. The van der Waals surface area contributed by atoms with Gasteiger partial charge in [-0.3, -0.25) is 4.98 Å². The Hall–Kier alpha value is -2.97. The molecular formula is C21H29N5O3. The van der Waals surface area contributed by atoms with Crippen LogP contribution in [0.3, 0.4) is 0 Å². The van der Waals surface area contributed by atoms with E-state index in [9.17, 15) is 15.3 Å². The molecule has 0 aliphatic heterocycles. The van der Waals surface area contributed by atoms with Crippen LogP contribution in [0.5, 0.6) is 17.2 Å². The predicted molar refractivity (Wildman–Crippen MR) is 118 cm³/mol. The normalized spacial score (nSPS) is 11.7. The monoisotopic (exact) mass is 399 g/mol. The topological polar surface area (TPSA) is 104 Å². The molecule has 0 saturated heterocycles. The number of nitrogens with zero attached hydrogens (tertiary/aromatic N) is 3. The Kier molecular flexibility index (Phi) is 6.14. The van der Waals surface area contributed by atoms with Crippen molar-refractivity contribution in [3.63, 3.8) is 0 Å². The van der Waals surface area contributed by atoms with E-state index in [2.05, 4.69) is 25.4 Å². The summed E-state index contributed by atoms with van der Waals surface area (Å²) in [5.41, 5.74) is 1.39. The van der Waals surface area contributed by atoms with Gasteiger partial charge in [0, 0.05) is 43.8 Å². The van der Waals surface area contributed by atoms with Crippen LogP contribution in [-0.4, -0.2) is 84.5 Å². The van der Waals surface area contributed by atoms with Gasteiger partial charge >= 0.3 is 0 Å². The average Bonchev–Trinajstić information content (AvgIpc) is 2.66. The maximum atomic E-state index is 11.1. The summed E-state index contributed by atoms with van der Waals surface area (Å²) in [7, 11) is 7.95. The molecule has 8 heteroatoms. The van der Waals surface area contributed by atoms with Crippen molar-refractivity contribution < 1.29 is 15.3 Å². The summed E-state index contributed by atoms with van der Waals surface area (Å²) in [5.74, 6) is -0.293. The molecular weight excluding hydrogens is 370 g/mol. The van der Waals surface area contributed by atoms with E-state index in [1.165, 1.54) is 12.4 Å². The fraction of sp³-hybridized carbons (Fsp3) is 0.381. The van der Waals surface area contributed by atoms with E-state index >= 15 is 0 Å². The molecule has 0 fully saturated rings. The standard InChI is InChI=1S/C21H29N5O3/c1-25(2)9-7-23-14-5-6-15(24-8-10-26(3)4)19-18(14)20(28)13-11-22-12-16(27)17(13)21(19)29/h5-6,11-12,23-24,27-29H,7-10H2,1-4H3. The first kappa shape index (κ1) is 20.8. The molecule has 0 aliphatic carbocycles. The summed E-state index contributed by atoms with van der Waals surface area (Å²) in [4.78, 5) is 8.07. The number of aromatic nitrogens is 1. The zero-order chi connectivity index (χ0) is 21.1. The lowest BCUT2D eigenvalue weighted by Gasteiger charge is -2.20. The summed E-state index contributed by atoms with van der Waals surface area (Å²) in [5, 5.41) is 40.5. The highest BCUT2D eigenvalue weighted by Crippen LogP contribution is 2.49. The Balaban J connectivity index is 2.20. The number of pyridine rings is 1. The third-order valence-corrected chi connectivity index (χ3v) is 4.85. The number of rotatable bonds is 8. The van der Waals surface area contributed by atoms with Crippen LogP contribution in [0.2, 0.25) is 0 Å². The number of nitrogens with one attached hydrogen (secondary N) is 2. The highest BCUT2D eigenvalue weighted by molar-refractivity contribution is 6.19. The Labute approximate surface area is 170 Å². The zero-order valence-electron chi connectivity index (χ0n) is 17.3. The van der Waals surface area contributed by atoms with Crippen molar-refractivity contribution in [2.24, 2.45) is 0 Å². The molecule has 1 aromatic heterocycles. The molecule has 3 aromatic rings. The highest BCUT2D eigenvalue weighted by Gasteiger charge is 2.21. The van der Waals surface area contributed by atoms with Crippen molar-refractivity contribution >= 4 is 32.9 Å². The number of hydrogen-bond donors (Lipinski definition) is 5. The fourth-order valence-electron chi connectivity index (χ4n) is 3.36. The van der Waals surface area contributed by atoms with Crippen LogP contribution >= 0.6 is 0 Å². The van der Waals surface area contributed by atoms with Crippen LogP contribution in [0, 0.1) is 0 Å². The van der Waals surface area contributed by atoms with Gasteiger partial charge in [-0.05, 0) is 40.3 Å². The molecule has 156 valence electrons. The summed E-state index contributed by atoms with van der Waals surface area (Å²) < 4.78 is 0. The fourth-order valence-corrected chi connectivity index (χ4v) is 3.36. The van der Waals surface area contributed by atoms with Gasteiger partial charge in [0.1, 0.15) is 17.2 Å². The van der Waals surface area contributed by atoms with Crippen molar-refractivity contribution in [1.82, 2.24) is 14.8 Å². The molecule has 0 saturated carbocycles. The first-order valence-corrected chi connectivity index (χ1v) is 9.55. The first-order valence-electron chi connectivity index (χ1n) is 9.55. The maximum absolute atomic E-state index is 11.1. The van der Waals surface area contributed by atoms with Gasteiger partial charge in [0.15, 0.2) is 0 Å². The SMILES string of the molecule is CN(C)CCNc1ccc(NCCN(C)C)c2c(O)c3c(O)cncc3c(O)c12. The summed E-state index contributed by atoms with van der Waals surface area (Å²) >= 11 is 0. The lowest BCUT2D eigenvalue weighted by atomic mass is 9.98. The van der Waals surface area contributed by atoms with Crippen LogP contribution < -0.4 is 10.6 Å². The van der Waals surface area contributed by atoms with Gasteiger partial charge in [-0.25, -0.2) is 0 Å². The average molecular weight is 399 g/mol. The van der Waals surface area contributed by atoms with E-state index in [-0.39, 0.29) is 22.6 Å². The number of benzene rings is 2. The molecule has 0 atom stereocenters. The molecule has 0 aliphatic rings. The van der Waals surface area contributed by atoms with Crippen LogP contribution in [0.25, 0.3) is 21.5 Å². The van der Waals surface area contributed by atoms with Gasteiger partial charge in [-0.1, -0.05) is 0 Å². The number of likely N-dealkylation sites (N-methyl/N-ethyl adjacent to an activating group) is 2. The summed E-state index contributed by atoms with van der Waals surface area (Å²) in [6.07, 6.45) is 2.70. The van der Waals surface area contributed by atoms with Crippen LogP contribution in [-0.2, 0) is 0 Å². The van der Waals surface area contributed by atoms with Gasteiger partial charge in [0.05, 0.1) is 27.7 Å². The molecule has 0 spiro atoms. The van der Waals surface area contributed by atoms with Crippen molar-refractivity contribution in [2.45, 2.75) is 0 Å². The van der Waals surface area contributed by atoms with Crippen LogP contribution in [0.1, 0.15) is 0 Å². The molecule has 2 aromatic carbocycles. The van der Waals surface area contributed by atoms with Gasteiger partial charge in [0.2, 0.25) is 0 Å². The number of aromatic hydroxyl groups is 3. The number of anilines is 2. The molecule has 29 heavy (non-hydrogen) atoms. The number of phenols is 2. The summed E-state index contributed by atoms with van der Waals surface area (Å²) in [6.45, 7) is 2.95. The number of fused-ring (bicyclic) bond motifs is 2. The third kappa shape index (κ3) is 4.23. The highest BCUT2D eigenvalue weighted by atomic mass is 16.3. The van der Waals surface area contributed by atoms with Gasteiger partial charge in [-0.2, -0.15) is 0 Å². The van der Waals surface area contributed by atoms with Gasteiger partial charge < -0.3 is 35.8 Å². The largest absolute Gasteiger partial charge is 0.507 e. The second kappa shape index (κ2) is 8.59. The van der Waals surface area contributed by atoms with E-state index in [4.69, 9.17) is 0 Å². The zero-order valence-corrected chi connectivity index (χ0v) is 17.3. The second-order valence-electron chi connectivity index (χ2n) is 7.65. The van der Waals surface area contributed by atoms with E-state index in [0.29, 0.717) is 40.6 Å². The molecule has 0 radical (unpaired) electrons. The maximum Gasteiger partial charge on any atom is 0.145 e. The van der Waals surface area contributed by atoms with Crippen molar-refractivity contribution in [2.75, 3.05) is 65.0 Å². The van der Waals surface area contributed by atoms with E-state index in [0.717, 1.165) is 13.1 Å². The Morgan fingerprint density at radius 3 is 1.79 bits per heavy atom. The van der Waals surface area contributed by atoms with Crippen molar-refractivity contribution in [3.05, 3.63) is 24.5 Å². The number of phenolic OH excluding ortho intramolecular Hbond substituents is 2. The van der Waals surface area contributed by atoms with Gasteiger partial charge in [0.25, 0.3) is 0 Å². The quantitative estimate of drug-likeness (QED) is 0.291. The smallest absolute Gasteiger partial charge is 0.145 e. The molecule has 8 nitrogen and oxygen atoms in total. The minimum atomic E-state index is -0.178. The Bertz CT molecular complexity index is 1020. The molecule has 0 unspecified atom stereocenters. The molecule has 3 rings (SSSR count). The van der Waals surface area contributed by atoms with E-state index in [1.807, 2.05) is 40.3 Å². The summed E-state index contributed by atoms with van der Waals surface area (Å²) in [6, 6.07) is 3.76. The molecule has 5 N–H and O–H groups in total. The molecule has 0 amide bonds. The Morgan fingerprint density at radius 2 is 1.28 bits per heavy atom. The molecule has 1 heterocycles. The minimum absolute atomic E-state index is 0.0280. The van der Waals surface area contributed by atoms with Crippen LogP contribution in [0.15, 0.2) is 24.5 Å². The minimum Gasteiger partial charge on any atom is -0.507 e. The Morgan fingerprint density at radius 1 is 0.759 bits per heavy atom. The predicted octanol–water partition coefficient (Wildman–Crippen LogP) is 2.45. The van der Waals surface area contributed by atoms with E-state index in [1.54, 1.807) is 0 Å². The lowest BCUT2D eigenvalue weighted by Crippen LogP contribution is -2.21. The lowest BCUT2D eigenvalue weighted by molar-refractivity contribution is 0.425.